The number of benzene rings is 1. The first-order valence-electron chi connectivity index (χ1n) is 5.92. The van der Waals surface area contributed by atoms with Crippen molar-refractivity contribution in [2.45, 2.75) is 26.3 Å². The maximum absolute atomic E-state index is 12.1. The van der Waals surface area contributed by atoms with Gasteiger partial charge in [-0.05, 0) is 24.1 Å². The van der Waals surface area contributed by atoms with Crippen molar-refractivity contribution in [3.63, 3.8) is 0 Å². The Morgan fingerprint density at radius 2 is 2.11 bits per heavy atom. The SMILES string of the molecule is CCC(C)C(NC(=O)c1cc(Br)ccc1Cl)C(N)=O. The van der Waals surface area contributed by atoms with Crippen LogP contribution < -0.4 is 11.1 Å². The molecular formula is C13H16BrClN2O2. The number of rotatable bonds is 5. The first-order chi connectivity index (χ1) is 8.86. The number of halogens is 2. The van der Waals surface area contributed by atoms with Crippen LogP contribution in [0.3, 0.4) is 0 Å². The van der Waals surface area contributed by atoms with Crippen molar-refractivity contribution in [3.8, 4) is 0 Å². The molecule has 19 heavy (non-hydrogen) atoms. The minimum absolute atomic E-state index is 0.0348. The second-order valence-electron chi connectivity index (χ2n) is 4.36. The monoisotopic (exact) mass is 346 g/mol. The van der Waals surface area contributed by atoms with Crippen LogP contribution in [-0.2, 0) is 4.79 Å². The number of nitrogens with one attached hydrogen (secondary N) is 1. The largest absolute Gasteiger partial charge is 0.368 e. The van der Waals surface area contributed by atoms with Crippen LogP contribution in [-0.4, -0.2) is 17.9 Å². The third kappa shape index (κ3) is 4.21. The fraction of sp³-hybridized carbons (Fsp3) is 0.385. The summed E-state index contributed by atoms with van der Waals surface area (Å²) in [7, 11) is 0. The van der Waals surface area contributed by atoms with Crippen molar-refractivity contribution in [1.82, 2.24) is 5.32 Å². The van der Waals surface area contributed by atoms with Gasteiger partial charge in [0.25, 0.3) is 5.91 Å². The summed E-state index contributed by atoms with van der Waals surface area (Å²) in [5.74, 6) is -0.989. The molecule has 4 nitrogen and oxygen atoms in total. The highest BCUT2D eigenvalue weighted by atomic mass is 79.9. The molecule has 0 aliphatic carbocycles. The van der Waals surface area contributed by atoms with Gasteiger partial charge in [0.05, 0.1) is 10.6 Å². The molecule has 0 radical (unpaired) electrons. The van der Waals surface area contributed by atoms with E-state index >= 15 is 0 Å². The lowest BCUT2D eigenvalue weighted by Gasteiger charge is -2.21. The van der Waals surface area contributed by atoms with E-state index in [9.17, 15) is 9.59 Å². The smallest absolute Gasteiger partial charge is 0.253 e. The highest BCUT2D eigenvalue weighted by molar-refractivity contribution is 9.10. The molecule has 0 saturated heterocycles. The number of primary amides is 1. The average molecular weight is 348 g/mol. The van der Waals surface area contributed by atoms with Gasteiger partial charge in [-0.3, -0.25) is 9.59 Å². The molecule has 0 bridgehead atoms. The van der Waals surface area contributed by atoms with Crippen LogP contribution in [0.2, 0.25) is 5.02 Å². The minimum Gasteiger partial charge on any atom is -0.368 e. The molecule has 0 aromatic heterocycles. The summed E-state index contributed by atoms with van der Waals surface area (Å²) in [5.41, 5.74) is 5.62. The standard InChI is InChI=1S/C13H16BrClN2O2/c1-3-7(2)11(12(16)18)17-13(19)9-6-8(14)4-5-10(9)15/h4-7,11H,3H2,1-2H3,(H2,16,18)(H,17,19). The first-order valence-corrected chi connectivity index (χ1v) is 7.09. The van der Waals surface area contributed by atoms with E-state index in [0.717, 1.165) is 10.9 Å². The quantitative estimate of drug-likeness (QED) is 0.859. The average Bonchev–Trinajstić information content (AvgIpc) is 2.37. The third-order valence-corrected chi connectivity index (χ3v) is 3.80. The van der Waals surface area contributed by atoms with E-state index < -0.39 is 17.9 Å². The Morgan fingerprint density at radius 1 is 1.47 bits per heavy atom. The molecule has 0 spiro atoms. The summed E-state index contributed by atoms with van der Waals surface area (Å²) >= 11 is 9.24. The van der Waals surface area contributed by atoms with E-state index in [4.69, 9.17) is 17.3 Å². The number of carbonyl (C=O) groups excluding carboxylic acids is 2. The Morgan fingerprint density at radius 3 is 2.63 bits per heavy atom. The normalized spacial score (nSPS) is 13.7. The lowest BCUT2D eigenvalue weighted by atomic mass is 9.98. The second-order valence-corrected chi connectivity index (χ2v) is 5.69. The Bertz CT molecular complexity index is 494. The topological polar surface area (TPSA) is 72.2 Å². The molecule has 1 rings (SSSR count). The van der Waals surface area contributed by atoms with Crippen LogP contribution in [0.5, 0.6) is 0 Å². The third-order valence-electron chi connectivity index (χ3n) is 2.98. The highest BCUT2D eigenvalue weighted by Gasteiger charge is 2.24. The van der Waals surface area contributed by atoms with Crippen LogP contribution in [0.25, 0.3) is 0 Å². The van der Waals surface area contributed by atoms with E-state index in [1.807, 2.05) is 13.8 Å². The van der Waals surface area contributed by atoms with Gasteiger partial charge in [0.2, 0.25) is 5.91 Å². The number of hydrogen-bond acceptors (Lipinski definition) is 2. The van der Waals surface area contributed by atoms with Crippen LogP contribution >= 0.6 is 27.5 Å². The molecule has 0 heterocycles. The molecule has 0 aliphatic heterocycles. The van der Waals surface area contributed by atoms with Crippen LogP contribution in [0.15, 0.2) is 22.7 Å². The van der Waals surface area contributed by atoms with Gasteiger partial charge in [-0.2, -0.15) is 0 Å². The minimum atomic E-state index is -0.701. The highest BCUT2D eigenvalue weighted by Crippen LogP contribution is 2.21. The molecule has 0 saturated carbocycles. The maximum Gasteiger partial charge on any atom is 0.253 e. The molecule has 2 amide bonds. The van der Waals surface area contributed by atoms with Gasteiger partial charge in [0, 0.05) is 4.47 Å². The van der Waals surface area contributed by atoms with Gasteiger partial charge >= 0.3 is 0 Å². The number of carbonyl (C=O) groups is 2. The molecule has 3 N–H and O–H groups in total. The van der Waals surface area contributed by atoms with E-state index in [1.54, 1.807) is 18.2 Å². The van der Waals surface area contributed by atoms with Crippen LogP contribution in [0.4, 0.5) is 0 Å². The van der Waals surface area contributed by atoms with E-state index in [1.165, 1.54) is 0 Å². The van der Waals surface area contributed by atoms with Gasteiger partial charge in [-0.25, -0.2) is 0 Å². The van der Waals surface area contributed by atoms with Crippen molar-refractivity contribution in [2.24, 2.45) is 11.7 Å². The van der Waals surface area contributed by atoms with Gasteiger partial charge in [-0.1, -0.05) is 47.8 Å². The van der Waals surface area contributed by atoms with Gasteiger partial charge in [0.15, 0.2) is 0 Å². The fourth-order valence-corrected chi connectivity index (χ4v) is 2.18. The summed E-state index contributed by atoms with van der Waals surface area (Å²) in [6.45, 7) is 3.79. The van der Waals surface area contributed by atoms with Gasteiger partial charge in [0.1, 0.15) is 6.04 Å². The molecule has 0 fully saturated rings. The number of hydrogen-bond donors (Lipinski definition) is 2. The van der Waals surface area contributed by atoms with Crippen molar-refractivity contribution in [1.29, 1.82) is 0 Å². The van der Waals surface area contributed by atoms with E-state index in [-0.39, 0.29) is 5.92 Å². The first kappa shape index (κ1) is 16.0. The molecule has 1 aromatic carbocycles. The van der Waals surface area contributed by atoms with Crippen molar-refractivity contribution < 1.29 is 9.59 Å². The molecule has 0 aliphatic rings. The summed E-state index contributed by atoms with van der Waals surface area (Å²) in [5, 5.41) is 2.96. The summed E-state index contributed by atoms with van der Waals surface area (Å²) in [4.78, 5) is 23.5. The van der Waals surface area contributed by atoms with Gasteiger partial charge < -0.3 is 11.1 Å². The Labute approximate surface area is 125 Å². The van der Waals surface area contributed by atoms with Crippen molar-refractivity contribution >= 4 is 39.3 Å². The summed E-state index contributed by atoms with van der Waals surface area (Å²) in [6.07, 6.45) is 0.736. The second kappa shape index (κ2) is 6.91. The Hall–Kier alpha value is -1.07. The Balaban J connectivity index is 2.94. The zero-order valence-electron chi connectivity index (χ0n) is 10.7. The Kier molecular flexibility index (Phi) is 5.82. The molecule has 2 atom stereocenters. The van der Waals surface area contributed by atoms with Crippen molar-refractivity contribution in [3.05, 3.63) is 33.3 Å². The fourth-order valence-electron chi connectivity index (χ4n) is 1.62. The summed E-state index contributed by atoms with van der Waals surface area (Å²) < 4.78 is 0.737. The van der Waals surface area contributed by atoms with E-state index in [0.29, 0.717) is 10.6 Å². The van der Waals surface area contributed by atoms with Crippen molar-refractivity contribution in [2.75, 3.05) is 0 Å². The van der Waals surface area contributed by atoms with E-state index in [2.05, 4.69) is 21.2 Å². The van der Waals surface area contributed by atoms with Gasteiger partial charge in [-0.15, -0.1) is 0 Å². The summed E-state index contributed by atoms with van der Waals surface area (Å²) in [6, 6.07) is 4.25. The zero-order valence-corrected chi connectivity index (χ0v) is 13.1. The maximum atomic E-state index is 12.1. The number of nitrogens with two attached hydrogens (primary N) is 1. The van der Waals surface area contributed by atoms with Crippen LogP contribution in [0, 0.1) is 5.92 Å². The number of amides is 2. The predicted octanol–water partition coefficient (Wildman–Crippen LogP) is 2.73. The molecule has 1 aromatic rings. The lowest BCUT2D eigenvalue weighted by Crippen LogP contribution is -2.48. The zero-order chi connectivity index (χ0) is 14.6. The molecule has 6 heteroatoms. The molecule has 2 unspecified atom stereocenters. The van der Waals surface area contributed by atoms with Crippen LogP contribution in [0.1, 0.15) is 30.6 Å². The lowest BCUT2D eigenvalue weighted by molar-refractivity contribution is -0.120. The molecular weight excluding hydrogens is 332 g/mol. The predicted molar refractivity (Wildman–Crippen MR) is 79.1 cm³/mol. The molecule has 104 valence electrons.